The van der Waals surface area contributed by atoms with Crippen LogP contribution in [0.5, 0.6) is 0 Å². The topological polar surface area (TPSA) is 44.8 Å². The molecule has 0 aromatic carbocycles. The summed E-state index contributed by atoms with van der Waals surface area (Å²) < 4.78 is 14.8. The number of carbonyl (C=O) groups is 1. The molecular formula is C8H12O4. The van der Waals surface area contributed by atoms with Gasteiger partial charge in [-0.25, -0.2) is 4.79 Å². The van der Waals surface area contributed by atoms with E-state index in [1.807, 2.05) is 0 Å². The molecule has 1 heterocycles. The van der Waals surface area contributed by atoms with Crippen LogP contribution in [-0.4, -0.2) is 24.8 Å². The third-order valence-electron chi connectivity index (χ3n) is 1.55. The second-order valence-corrected chi connectivity index (χ2v) is 2.71. The molecule has 0 aromatic heterocycles. The van der Waals surface area contributed by atoms with E-state index >= 15 is 0 Å². The Hall–Kier alpha value is -1.19. The van der Waals surface area contributed by atoms with Gasteiger partial charge in [0.25, 0.3) is 5.95 Å². The Morgan fingerprint density at radius 2 is 2.50 bits per heavy atom. The molecule has 0 spiro atoms. The van der Waals surface area contributed by atoms with E-state index < -0.39 is 11.6 Å². The average Bonchev–Trinajstić information content (AvgIpc) is 2.33. The van der Waals surface area contributed by atoms with Crippen LogP contribution in [0, 0.1) is 0 Å². The van der Waals surface area contributed by atoms with Gasteiger partial charge in [-0.05, 0) is 20.4 Å². The molecule has 0 radical (unpaired) electrons. The Bertz CT molecular complexity index is 211. The highest BCUT2D eigenvalue weighted by molar-refractivity contribution is 5.79. The Kier molecular flexibility index (Phi) is 2.26. The van der Waals surface area contributed by atoms with Gasteiger partial charge in [0, 0.05) is 0 Å². The first-order valence-electron chi connectivity index (χ1n) is 3.76. The number of esters is 1. The molecule has 1 rings (SSSR count). The Morgan fingerprint density at radius 3 is 2.92 bits per heavy atom. The molecular weight excluding hydrogens is 160 g/mol. The quantitative estimate of drug-likeness (QED) is 0.578. The molecule has 0 N–H and O–H groups in total. The third kappa shape index (κ3) is 1.52. The van der Waals surface area contributed by atoms with Crippen LogP contribution in [0.3, 0.4) is 0 Å². The van der Waals surface area contributed by atoms with E-state index in [1.165, 1.54) is 0 Å². The Morgan fingerprint density at radius 1 is 1.83 bits per heavy atom. The molecule has 0 amide bonds. The lowest BCUT2D eigenvalue weighted by molar-refractivity contribution is -0.160. The first-order valence-corrected chi connectivity index (χ1v) is 3.76. The highest BCUT2D eigenvalue weighted by Crippen LogP contribution is 2.25. The second-order valence-electron chi connectivity index (χ2n) is 2.71. The molecule has 0 aromatic rings. The van der Waals surface area contributed by atoms with Gasteiger partial charge in [0.1, 0.15) is 6.61 Å². The second kappa shape index (κ2) is 3.05. The number of hydrogen-bond acceptors (Lipinski definition) is 4. The highest BCUT2D eigenvalue weighted by atomic mass is 16.7. The van der Waals surface area contributed by atoms with Gasteiger partial charge in [-0.15, -0.1) is 0 Å². The molecule has 1 fully saturated rings. The van der Waals surface area contributed by atoms with Crippen LogP contribution in [0.1, 0.15) is 13.8 Å². The van der Waals surface area contributed by atoms with Crippen molar-refractivity contribution in [3.8, 4) is 0 Å². The number of ether oxygens (including phenoxy) is 3. The molecule has 1 unspecified atom stereocenters. The fourth-order valence-corrected chi connectivity index (χ4v) is 0.913. The lowest BCUT2D eigenvalue weighted by Crippen LogP contribution is -2.39. The van der Waals surface area contributed by atoms with Crippen LogP contribution >= 0.6 is 0 Å². The van der Waals surface area contributed by atoms with E-state index in [1.54, 1.807) is 13.8 Å². The molecule has 0 aliphatic carbocycles. The van der Waals surface area contributed by atoms with E-state index in [2.05, 4.69) is 6.58 Å². The van der Waals surface area contributed by atoms with Gasteiger partial charge in [0.05, 0.1) is 6.61 Å². The van der Waals surface area contributed by atoms with Gasteiger partial charge >= 0.3 is 5.97 Å². The van der Waals surface area contributed by atoms with Gasteiger partial charge in [-0.3, -0.25) is 0 Å². The summed E-state index contributed by atoms with van der Waals surface area (Å²) in [6.45, 7) is 7.30. The Labute approximate surface area is 71.1 Å². The third-order valence-corrected chi connectivity index (χ3v) is 1.55. The van der Waals surface area contributed by atoms with E-state index in [9.17, 15) is 4.79 Å². The number of carbonyl (C=O) groups excluding carboxylic acids is 1. The van der Waals surface area contributed by atoms with Crippen LogP contribution in [0.25, 0.3) is 0 Å². The fourth-order valence-electron chi connectivity index (χ4n) is 0.913. The lowest BCUT2D eigenvalue weighted by Gasteiger charge is -2.17. The largest absolute Gasteiger partial charge is 0.463 e. The number of hydrogen-bond donors (Lipinski definition) is 0. The predicted octanol–water partition coefficient (Wildman–Crippen LogP) is 0.826. The molecule has 1 aliphatic rings. The zero-order chi connectivity index (χ0) is 9.19. The first-order chi connectivity index (χ1) is 5.58. The minimum atomic E-state index is -1.01. The lowest BCUT2D eigenvalue weighted by atomic mass is 10.1. The van der Waals surface area contributed by atoms with Gasteiger partial charge in [0.15, 0.2) is 0 Å². The molecule has 0 bridgehead atoms. The average molecular weight is 172 g/mol. The summed E-state index contributed by atoms with van der Waals surface area (Å²) in [6, 6.07) is 0. The van der Waals surface area contributed by atoms with Gasteiger partial charge < -0.3 is 14.2 Å². The monoisotopic (exact) mass is 172 g/mol. The zero-order valence-electron chi connectivity index (χ0n) is 7.25. The minimum Gasteiger partial charge on any atom is -0.463 e. The molecule has 1 aliphatic heterocycles. The maximum Gasteiger partial charge on any atom is 0.353 e. The van der Waals surface area contributed by atoms with Crippen molar-refractivity contribution in [3.05, 3.63) is 12.5 Å². The smallest absolute Gasteiger partial charge is 0.353 e. The summed E-state index contributed by atoms with van der Waals surface area (Å²) in [5.41, 5.74) is -1.01. The molecule has 12 heavy (non-hydrogen) atoms. The summed E-state index contributed by atoms with van der Waals surface area (Å²) >= 11 is 0. The standard InChI is InChI=1S/C8H12O4/c1-4-10-7(9)8(3)5-11-6(2)12-8/h2,4-5H2,1,3H3. The maximum atomic E-state index is 11.2. The summed E-state index contributed by atoms with van der Waals surface area (Å²) in [5, 5.41) is 0. The Balaban J connectivity index is 2.60. The summed E-state index contributed by atoms with van der Waals surface area (Å²) in [6.07, 6.45) is 0. The predicted molar refractivity (Wildman–Crippen MR) is 41.2 cm³/mol. The van der Waals surface area contributed by atoms with Crippen molar-refractivity contribution in [2.45, 2.75) is 19.4 Å². The van der Waals surface area contributed by atoms with Crippen LogP contribution < -0.4 is 0 Å². The van der Waals surface area contributed by atoms with Crippen LogP contribution in [0.4, 0.5) is 0 Å². The van der Waals surface area contributed by atoms with Crippen molar-refractivity contribution in [1.82, 2.24) is 0 Å². The van der Waals surface area contributed by atoms with Gasteiger partial charge in [0.2, 0.25) is 5.60 Å². The van der Waals surface area contributed by atoms with Gasteiger partial charge in [-0.2, -0.15) is 0 Å². The van der Waals surface area contributed by atoms with Crippen molar-refractivity contribution < 1.29 is 19.0 Å². The van der Waals surface area contributed by atoms with E-state index in [0.717, 1.165) is 0 Å². The minimum absolute atomic E-state index is 0.171. The molecule has 68 valence electrons. The number of rotatable bonds is 2. The van der Waals surface area contributed by atoms with Crippen molar-refractivity contribution in [3.63, 3.8) is 0 Å². The molecule has 4 nitrogen and oxygen atoms in total. The van der Waals surface area contributed by atoms with Crippen molar-refractivity contribution in [1.29, 1.82) is 0 Å². The zero-order valence-corrected chi connectivity index (χ0v) is 7.25. The molecule has 1 atom stereocenters. The van der Waals surface area contributed by atoms with Gasteiger partial charge in [-0.1, -0.05) is 0 Å². The summed E-state index contributed by atoms with van der Waals surface area (Å²) in [7, 11) is 0. The maximum absolute atomic E-state index is 11.2. The SMILES string of the molecule is C=C1OCC(C)(C(=O)OCC)O1. The van der Waals surface area contributed by atoms with Crippen LogP contribution in [0.15, 0.2) is 12.5 Å². The van der Waals surface area contributed by atoms with Crippen LogP contribution in [0.2, 0.25) is 0 Å². The highest BCUT2D eigenvalue weighted by Gasteiger charge is 2.43. The van der Waals surface area contributed by atoms with Crippen LogP contribution in [-0.2, 0) is 19.0 Å². The molecule has 4 heteroatoms. The van der Waals surface area contributed by atoms with Crippen molar-refractivity contribution >= 4 is 5.97 Å². The normalized spacial score (nSPS) is 27.7. The summed E-state index contributed by atoms with van der Waals surface area (Å²) in [5.74, 6) is -0.241. The first kappa shape index (κ1) is 8.90. The summed E-state index contributed by atoms with van der Waals surface area (Å²) in [4.78, 5) is 11.2. The van der Waals surface area contributed by atoms with E-state index in [-0.39, 0.29) is 12.6 Å². The molecule has 0 saturated carbocycles. The van der Waals surface area contributed by atoms with Crippen molar-refractivity contribution in [2.24, 2.45) is 0 Å². The molecule has 1 saturated heterocycles. The van der Waals surface area contributed by atoms with E-state index in [0.29, 0.717) is 6.61 Å². The van der Waals surface area contributed by atoms with E-state index in [4.69, 9.17) is 14.2 Å². The fraction of sp³-hybridized carbons (Fsp3) is 0.625. The van der Waals surface area contributed by atoms with Crippen molar-refractivity contribution in [2.75, 3.05) is 13.2 Å².